The van der Waals surface area contributed by atoms with E-state index in [1.54, 1.807) is 14.1 Å². The summed E-state index contributed by atoms with van der Waals surface area (Å²) < 4.78 is 0. The van der Waals surface area contributed by atoms with Crippen LogP contribution in [0.4, 0.5) is 0 Å². The van der Waals surface area contributed by atoms with Crippen molar-refractivity contribution in [3.8, 4) is 0 Å². The van der Waals surface area contributed by atoms with Crippen molar-refractivity contribution in [1.29, 1.82) is 0 Å². The predicted octanol–water partition coefficient (Wildman–Crippen LogP) is 1.04. The van der Waals surface area contributed by atoms with Gasteiger partial charge in [-0.25, -0.2) is 0 Å². The van der Waals surface area contributed by atoms with Crippen molar-refractivity contribution in [2.75, 3.05) is 14.1 Å². The quantitative estimate of drug-likeness (QED) is 0.433. The SMILES string of the molecule is C[N-]C.Cl.[Ti]. The van der Waals surface area contributed by atoms with E-state index in [-0.39, 0.29) is 34.1 Å². The van der Waals surface area contributed by atoms with Gasteiger partial charge in [-0.2, -0.15) is 14.1 Å². The maximum Gasteiger partial charge on any atom is 0 e. The molecule has 0 saturated heterocycles. The van der Waals surface area contributed by atoms with Crippen LogP contribution in [0.3, 0.4) is 0 Å². The minimum Gasteiger partial charge on any atom is -0.668 e. The molecule has 0 radical (unpaired) electrons. The molecule has 0 amide bonds. The molecule has 5 heavy (non-hydrogen) atoms. The molecule has 0 aromatic heterocycles. The van der Waals surface area contributed by atoms with Crippen molar-refractivity contribution >= 4 is 12.4 Å². The third kappa shape index (κ3) is 46.9. The van der Waals surface area contributed by atoms with E-state index in [0.29, 0.717) is 0 Å². The molecular formula is C2H7ClNTi-. The van der Waals surface area contributed by atoms with Gasteiger partial charge in [0.05, 0.1) is 0 Å². The molecule has 0 atom stereocenters. The summed E-state index contributed by atoms with van der Waals surface area (Å²) in [5.74, 6) is 0. The van der Waals surface area contributed by atoms with Crippen molar-refractivity contribution < 1.29 is 21.7 Å². The minimum atomic E-state index is 0. The van der Waals surface area contributed by atoms with Crippen molar-refractivity contribution in [1.82, 2.24) is 0 Å². The summed E-state index contributed by atoms with van der Waals surface area (Å²) in [6.07, 6.45) is 0. The van der Waals surface area contributed by atoms with Crippen LogP contribution in [-0.4, -0.2) is 14.1 Å². The Hall–Kier alpha value is 0.964. The van der Waals surface area contributed by atoms with Gasteiger partial charge in [-0.15, -0.1) is 12.4 Å². The second-order valence-electron chi connectivity index (χ2n) is 0.447. The van der Waals surface area contributed by atoms with E-state index in [0.717, 1.165) is 0 Å². The first-order chi connectivity index (χ1) is 1.41. The van der Waals surface area contributed by atoms with Gasteiger partial charge in [-0.3, -0.25) is 0 Å². The van der Waals surface area contributed by atoms with Crippen molar-refractivity contribution in [3.63, 3.8) is 0 Å². The summed E-state index contributed by atoms with van der Waals surface area (Å²) in [6.45, 7) is 0. The Kier molecular flexibility index (Phi) is 67.6. The maximum absolute atomic E-state index is 3.50. The Morgan fingerprint density at radius 1 is 1.20 bits per heavy atom. The van der Waals surface area contributed by atoms with Gasteiger partial charge >= 0.3 is 0 Å². The van der Waals surface area contributed by atoms with Gasteiger partial charge in [0.25, 0.3) is 0 Å². The van der Waals surface area contributed by atoms with E-state index in [4.69, 9.17) is 0 Å². The maximum atomic E-state index is 3.50. The molecule has 1 nitrogen and oxygen atoms in total. The fourth-order valence-electron chi connectivity index (χ4n) is 0. The molecule has 0 unspecified atom stereocenters. The fourth-order valence-corrected chi connectivity index (χ4v) is 0. The van der Waals surface area contributed by atoms with Crippen LogP contribution < -0.4 is 0 Å². The van der Waals surface area contributed by atoms with Crippen LogP contribution in [0.15, 0.2) is 0 Å². The van der Waals surface area contributed by atoms with Gasteiger partial charge in [0, 0.05) is 21.7 Å². The van der Waals surface area contributed by atoms with Gasteiger partial charge < -0.3 is 5.32 Å². The van der Waals surface area contributed by atoms with Crippen LogP contribution in [0.25, 0.3) is 5.32 Å². The van der Waals surface area contributed by atoms with Crippen molar-refractivity contribution in [2.24, 2.45) is 0 Å². The molecule has 0 fully saturated rings. The molecule has 0 N–H and O–H groups in total. The monoisotopic (exact) mass is 128 g/mol. The molecule has 0 saturated carbocycles. The van der Waals surface area contributed by atoms with Crippen LogP contribution in [0.5, 0.6) is 0 Å². The number of halogens is 1. The molecule has 0 aliphatic heterocycles. The summed E-state index contributed by atoms with van der Waals surface area (Å²) in [5, 5.41) is 3.50. The minimum absolute atomic E-state index is 0. The van der Waals surface area contributed by atoms with E-state index < -0.39 is 0 Å². The van der Waals surface area contributed by atoms with E-state index in [2.05, 4.69) is 5.32 Å². The second kappa shape index (κ2) is 20.2. The average molecular weight is 128 g/mol. The van der Waals surface area contributed by atoms with E-state index >= 15 is 0 Å². The Labute approximate surface area is 53.8 Å². The molecule has 0 bridgehead atoms. The molecule has 0 aromatic carbocycles. The van der Waals surface area contributed by atoms with Gasteiger partial charge in [0.2, 0.25) is 0 Å². The molecule has 0 spiro atoms. The molecule has 0 aliphatic carbocycles. The Balaban J connectivity index is -0.0000000200. The van der Waals surface area contributed by atoms with Crippen LogP contribution >= 0.6 is 12.4 Å². The molecule has 0 rings (SSSR count). The number of hydrogen-bond acceptors (Lipinski definition) is 0. The molecule has 0 heterocycles. The number of hydrogen-bond donors (Lipinski definition) is 0. The summed E-state index contributed by atoms with van der Waals surface area (Å²) in [6, 6.07) is 0. The van der Waals surface area contributed by atoms with Crippen molar-refractivity contribution in [3.05, 3.63) is 5.32 Å². The second-order valence-corrected chi connectivity index (χ2v) is 0.447. The van der Waals surface area contributed by atoms with Gasteiger partial charge in [-0.1, -0.05) is 0 Å². The van der Waals surface area contributed by atoms with Crippen LogP contribution in [0.1, 0.15) is 0 Å². The predicted molar refractivity (Wildman–Crippen MR) is 22.5 cm³/mol. The normalized spacial score (nSPS) is 3.60. The molecular weight excluding hydrogens is 121 g/mol. The Bertz CT molecular complexity index is 9.61. The van der Waals surface area contributed by atoms with Crippen LogP contribution in [0.2, 0.25) is 0 Å². The van der Waals surface area contributed by atoms with E-state index in [1.807, 2.05) is 0 Å². The topological polar surface area (TPSA) is 14.1 Å². The third-order valence-corrected chi connectivity index (χ3v) is 0. The largest absolute Gasteiger partial charge is 0.668 e. The molecule has 3 heteroatoms. The number of rotatable bonds is 0. The Morgan fingerprint density at radius 2 is 1.20 bits per heavy atom. The van der Waals surface area contributed by atoms with E-state index in [9.17, 15) is 0 Å². The first kappa shape index (κ1) is 16.7. The standard InChI is InChI=1S/C2H6N.ClH.Ti/c1-3-2;;/h1-2H3;1H;/q-1;;. The molecule has 0 aliphatic rings. The summed E-state index contributed by atoms with van der Waals surface area (Å²) in [5.41, 5.74) is 0. The Morgan fingerprint density at radius 3 is 1.20 bits per heavy atom. The molecule has 32 valence electrons. The first-order valence-electron chi connectivity index (χ1n) is 0.894. The smallest absolute Gasteiger partial charge is 0 e. The van der Waals surface area contributed by atoms with Crippen LogP contribution in [-0.2, 0) is 21.7 Å². The fraction of sp³-hybridized carbons (Fsp3) is 1.00. The zero-order valence-corrected chi connectivity index (χ0v) is 5.73. The van der Waals surface area contributed by atoms with Gasteiger partial charge in [-0.05, 0) is 0 Å². The van der Waals surface area contributed by atoms with Gasteiger partial charge in [0.15, 0.2) is 0 Å². The third-order valence-electron chi connectivity index (χ3n) is 0. The first-order valence-corrected chi connectivity index (χ1v) is 0.894. The summed E-state index contributed by atoms with van der Waals surface area (Å²) in [4.78, 5) is 0. The summed E-state index contributed by atoms with van der Waals surface area (Å²) >= 11 is 0. The molecule has 0 aromatic rings. The zero-order valence-electron chi connectivity index (χ0n) is 3.36. The summed E-state index contributed by atoms with van der Waals surface area (Å²) in [7, 11) is 3.50. The number of nitrogens with zero attached hydrogens (tertiary/aromatic N) is 1. The zero-order chi connectivity index (χ0) is 2.71. The van der Waals surface area contributed by atoms with Crippen molar-refractivity contribution in [2.45, 2.75) is 0 Å². The van der Waals surface area contributed by atoms with Crippen LogP contribution in [0, 0.1) is 0 Å². The average Bonchev–Trinajstić information content (AvgIpc) is 0.918. The van der Waals surface area contributed by atoms with Gasteiger partial charge in [0.1, 0.15) is 0 Å². The van der Waals surface area contributed by atoms with E-state index in [1.165, 1.54) is 0 Å².